The summed E-state index contributed by atoms with van der Waals surface area (Å²) in [6, 6.07) is 3.88. The number of nitrogens with zero attached hydrogens (tertiary/aromatic N) is 4. The van der Waals surface area contributed by atoms with E-state index in [1.165, 1.54) is 5.56 Å². The van der Waals surface area contributed by atoms with E-state index in [2.05, 4.69) is 20.3 Å². The minimum atomic E-state index is -0.108. The van der Waals surface area contributed by atoms with Crippen molar-refractivity contribution in [3.8, 4) is 0 Å². The van der Waals surface area contributed by atoms with E-state index in [-0.39, 0.29) is 11.6 Å². The fourth-order valence-electron chi connectivity index (χ4n) is 3.19. The van der Waals surface area contributed by atoms with Gasteiger partial charge in [-0.25, -0.2) is 9.78 Å². The van der Waals surface area contributed by atoms with E-state index in [1.54, 1.807) is 17.3 Å². The Balaban J connectivity index is 1.71. The number of aromatic amines is 1. The van der Waals surface area contributed by atoms with Crippen LogP contribution < -0.4 is 15.8 Å². The van der Waals surface area contributed by atoms with Crippen molar-refractivity contribution in [3.05, 3.63) is 51.7 Å². The van der Waals surface area contributed by atoms with Gasteiger partial charge in [-0.15, -0.1) is 0 Å². The summed E-state index contributed by atoms with van der Waals surface area (Å²) in [6.45, 7) is 4.31. The first-order valence-electron chi connectivity index (χ1n) is 9.33. The molecule has 0 spiro atoms. The van der Waals surface area contributed by atoms with Gasteiger partial charge in [0, 0.05) is 57.6 Å². The average Bonchev–Trinajstić information content (AvgIpc) is 2.90. The van der Waals surface area contributed by atoms with E-state index in [0.717, 1.165) is 18.7 Å². The summed E-state index contributed by atoms with van der Waals surface area (Å²) in [5.74, 6) is 0.569. The lowest BCUT2D eigenvalue weighted by molar-refractivity contribution is 0.201. The topological polar surface area (TPSA) is 94.2 Å². The van der Waals surface area contributed by atoms with Crippen LogP contribution in [0.3, 0.4) is 0 Å². The first-order valence-corrected chi connectivity index (χ1v) is 9.33. The minimum Gasteiger partial charge on any atom is -0.345 e. The van der Waals surface area contributed by atoms with Gasteiger partial charge in [-0.05, 0) is 37.5 Å². The standard InChI is InChI=1S/C19H26N6O2/c1-3-21-19(27)25-12-7-15-16(8-13-25)22-18(23-17(15)26)24(2)11-6-14-4-9-20-10-5-14/h4-5,9-10H,3,6-8,11-13H2,1-2H3,(H,21,27)(H,22,23,26). The molecule has 0 fully saturated rings. The van der Waals surface area contributed by atoms with Crippen molar-refractivity contribution in [2.75, 3.05) is 38.1 Å². The molecule has 144 valence electrons. The van der Waals surface area contributed by atoms with Gasteiger partial charge in [-0.1, -0.05) is 0 Å². The maximum Gasteiger partial charge on any atom is 0.317 e. The molecule has 27 heavy (non-hydrogen) atoms. The third-order valence-electron chi connectivity index (χ3n) is 4.80. The van der Waals surface area contributed by atoms with Crippen molar-refractivity contribution in [2.45, 2.75) is 26.2 Å². The summed E-state index contributed by atoms with van der Waals surface area (Å²) in [5, 5.41) is 2.81. The largest absolute Gasteiger partial charge is 0.345 e. The lowest BCUT2D eigenvalue weighted by atomic mass is 10.1. The molecule has 3 rings (SSSR count). The molecule has 0 aromatic carbocycles. The third-order valence-corrected chi connectivity index (χ3v) is 4.80. The number of nitrogens with one attached hydrogen (secondary N) is 2. The van der Waals surface area contributed by atoms with Crippen LogP contribution in [0.4, 0.5) is 10.7 Å². The molecule has 0 aliphatic carbocycles. The normalized spacial score (nSPS) is 13.6. The Kier molecular flexibility index (Phi) is 6.05. The van der Waals surface area contributed by atoms with Crippen molar-refractivity contribution in [3.63, 3.8) is 0 Å². The number of carbonyl (C=O) groups excluding carboxylic acids is 1. The van der Waals surface area contributed by atoms with Gasteiger partial charge >= 0.3 is 6.03 Å². The highest BCUT2D eigenvalue weighted by atomic mass is 16.2. The molecule has 2 N–H and O–H groups in total. The second-order valence-electron chi connectivity index (χ2n) is 6.66. The summed E-state index contributed by atoms with van der Waals surface area (Å²) in [4.78, 5) is 40.0. The highest BCUT2D eigenvalue weighted by Gasteiger charge is 2.22. The lowest BCUT2D eigenvalue weighted by Gasteiger charge is -2.20. The maximum absolute atomic E-state index is 12.6. The molecule has 0 atom stereocenters. The van der Waals surface area contributed by atoms with Crippen molar-refractivity contribution >= 4 is 12.0 Å². The Bertz CT molecular complexity index is 836. The number of urea groups is 1. The molecule has 0 saturated carbocycles. The number of rotatable bonds is 5. The molecule has 8 heteroatoms. The van der Waals surface area contributed by atoms with Crippen LogP contribution >= 0.6 is 0 Å². The van der Waals surface area contributed by atoms with E-state index in [4.69, 9.17) is 0 Å². The van der Waals surface area contributed by atoms with E-state index in [1.807, 2.05) is 31.0 Å². The lowest BCUT2D eigenvalue weighted by Crippen LogP contribution is -2.41. The fraction of sp³-hybridized carbons (Fsp3) is 0.474. The van der Waals surface area contributed by atoms with Gasteiger partial charge in [0.05, 0.1) is 5.69 Å². The summed E-state index contributed by atoms with van der Waals surface area (Å²) in [7, 11) is 1.92. The molecule has 2 aromatic heterocycles. The number of H-pyrrole nitrogens is 1. The zero-order valence-electron chi connectivity index (χ0n) is 15.9. The van der Waals surface area contributed by atoms with Crippen LogP contribution in [0.5, 0.6) is 0 Å². The zero-order valence-corrected chi connectivity index (χ0v) is 15.9. The van der Waals surface area contributed by atoms with E-state index in [9.17, 15) is 9.59 Å². The molecule has 2 aromatic rings. The van der Waals surface area contributed by atoms with Crippen LogP contribution in [0, 0.1) is 0 Å². The van der Waals surface area contributed by atoms with Gasteiger partial charge in [0.1, 0.15) is 0 Å². The quantitative estimate of drug-likeness (QED) is 0.818. The molecule has 0 saturated heterocycles. The molecule has 3 heterocycles. The fourth-order valence-corrected chi connectivity index (χ4v) is 3.19. The molecule has 1 aliphatic rings. The van der Waals surface area contributed by atoms with Crippen molar-refractivity contribution in [2.24, 2.45) is 0 Å². The van der Waals surface area contributed by atoms with Gasteiger partial charge in [-0.2, -0.15) is 0 Å². The Hall–Kier alpha value is -2.90. The average molecular weight is 370 g/mol. The number of amides is 2. The van der Waals surface area contributed by atoms with Gasteiger partial charge in [0.15, 0.2) is 0 Å². The molecular formula is C19H26N6O2. The van der Waals surface area contributed by atoms with E-state index >= 15 is 0 Å². The Morgan fingerprint density at radius 1 is 1.30 bits per heavy atom. The highest BCUT2D eigenvalue weighted by molar-refractivity contribution is 5.74. The molecule has 0 bridgehead atoms. The smallest absolute Gasteiger partial charge is 0.317 e. The summed E-state index contributed by atoms with van der Waals surface area (Å²) in [6.07, 6.45) is 5.50. The van der Waals surface area contributed by atoms with Crippen molar-refractivity contribution in [1.29, 1.82) is 0 Å². The first-order chi connectivity index (χ1) is 13.1. The van der Waals surface area contributed by atoms with E-state index in [0.29, 0.717) is 44.0 Å². The first kappa shape index (κ1) is 18.9. The van der Waals surface area contributed by atoms with Gasteiger partial charge in [0.25, 0.3) is 5.56 Å². The van der Waals surface area contributed by atoms with Crippen molar-refractivity contribution < 1.29 is 4.79 Å². The van der Waals surface area contributed by atoms with Crippen LogP contribution in [0.25, 0.3) is 0 Å². The predicted octanol–water partition coefficient (Wildman–Crippen LogP) is 0.974. The molecule has 1 aliphatic heterocycles. The second kappa shape index (κ2) is 8.66. The number of likely N-dealkylation sites (N-methyl/N-ethyl adjacent to an activating group) is 1. The molecule has 8 nitrogen and oxygen atoms in total. The van der Waals surface area contributed by atoms with Crippen molar-refractivity contribution in [1.82, 2.24) is 25.2 Å². The van der Waals surface area contributed by atoms with Crippen LogP contribution in [-0.2, 0) is 19.3 Å². The number of hydrogen-bond donors (Lipinski definition) is 2. The van der Waals surface area contributed by atoms with Crippen LogP contribution in [0.1, 0.15) is 23.7 Å². The maximum atomic E-state index is 12.6. The predicted molar refractivity (Wildman–Crippen MR) is 104 cm³/mol. The Morgan fingerprint density at radius 2 is 2.04 bits per heavy atom. The SMILES string of the molecule is CCNC(=O)N1CCc2nc(N(C)CCc3ccncc3)[nH]c(=O)c2CC1. The summed E-state index contributed by atoms with van der Waals surface area (Å²) < 4.78 is 0. The van der Waals surface area contributed by atoms with Crippen LogP contribution in [-0.4, -0.2) is 59.1 Å². The van der Waals surface area contributed by atoms with Gasteiger partial charge < -0.3 is 15.1 Å². The van der Waals surface area contributed by atoms with Gasteiger partial charge in [0.2, 0.25) is 5.95 Å². The number of carbonyl (C=O) groups is 1. The third kappa shape index (κ3) is 4.64. The number of aromatic nitrogens is 3. The molecule has 2 amide bonds. The number of anilines is 1. The number of fused-ring (bicyclic) bond motifs is 1. The molecular weight excluding hydrogens is 344 g/mol. The van der Waals surface area contributed by atoms with Crippen LogP contribution in [0.2, 0.25) is 0 Å². The second-order valence-corrected chi connectivity index (χ2v) is 6.66. The minimum absolute atomic E-state index is 0.0866. The number of pyridine rings is 1. The highest BCUT2D eigenvalue weighted by Crippen LogP contribution is 2.14. The summed E-state index contributed by atoms with van der Waals surface area (Å²) >= 11 is 0. The molecule has 0 radical (unpaired) electrons. The Labute approximate surface area is 158 Å². The van der Waals surface area contributed by atoms with Crippen LogP contribution in [0.15, 0.2) is 29.3 Å². The number of hydrogen-bond acceptors (Lipinski definition) is 5. The van der Waals surface area contributed by atoms with E-state index < -0.39 is 0 Å². The Morgan fingerprint density at radius 3 is 2.78 bits per heavy atom. The molecule has 0 unspecified atom stereocenters. The monoisotopic (exact) mass is 370 g/mol. The summed E-state index contributed by atoms with van der Waals surface area (Å²) in [5.41, 5.74) is 2.56. The zero-order chi connectivity index (χ0) is 19.2. The van der Waals surface area contributed by atoms with Gasteiger partial charge in [-0.3, -0.25) is 14.8 Å².